The van der Waals surface area contributed by atoms with Crippen LogP contribution in [0.15, 0.2) is 115 Å². The number of alkyl halides is 3. The number of para-hydroxylation sites is 2. The summed E-state index contributed by atoms with van der Waals surface area (Å²) >= 11 is 0. The second-order valence-corrected chi connectivity index (χ2v) is 15.0. The Morgan fingerprint density at radius 3 is 1.52 bits per heavy atom. The van der Waals surface area contributed by atoms with Gasteiger partial charge >= 0.3 is 6.18 Å². The molecule has 0 bridgehead atoms. The first-order chi connectivity index (χ1) is 29.9. The molecule has 62 heavy (non-hydrogen) atoms. The van der Waals surface area contributed by atoms with Crippen LogP contribution in [0, 0.1) is 45.6 Å². The predicted octanol–water partition coefficient (Wildman–Crippen LogP) is 11.9. The van der Waals surface area contributed by atoms with E-state index >= 15 is 13.2 Å². The minimum atomic E-state index is -4.83. The molecule has 0 spiro atoms. The van der Waals surface area contributed by atoms with Crippen molar-refractivity contribution >= 4 is 49.3 Å². The summed E-state index contributed by atoms with van der Waals surface area (Å²) in [4.78, 5) is 30.6. The van der Waals surface area contributed by atoms with Gasteiger partial charge in [0, 0.05) is 38.2 Å². The number of fused-ring (bicyclic) bond motifs is 6. The van der Waals surface area contributed by atoms with Crippen LogP contribution >= 0.6 is 0 Å². The van der Waals surface area contributed by atoms with Gasteiger partial charge < -0.3 is 9.13 Å². The molecule has 6 aromatic carbocycles. The molecule has 0 aliphatic carbocycles. The fourth-order valence-corrected chi connectivity index (χ4v) is 8.62. The molecular formula is C49H31F3N10. The smallest absolute Gasteiger partial charge is 0.309 e. The molecule has 298 valence electrons. The van der Waals surface area contributed by atoms with Crippen molar-refractivity contribution in [1.82, 2.24) is 39.0 Å². The van der Waals surface area contributed by atoms with Crippen LogP contribution in [-0.4, -0.2) is 39.0 Å². The Kier molecular flexibility index (Phi) is 8.68. The lowest BCUT2D eigenvalue weighted by Gasteiger charge is -2.22. The van der Waals surface area contributed by atoms with E-state index in [-0.39, 0.29) is 22.4 Å². The van der Waals surface area contributed by atoms with Gasteiger partial charge in [-0.25, -0.2) is 34.7 Å². The Bertz CT molecular complexity index is 3570. The molecule has 10 aromatic rings. The molecule has 0 amide bonds. The van der Waals surface area contributed by atoms with Gasteiger partial charge in [-0.05, 0) is 93.9 Å². The number of hydrogen-bond acceptors (Lipinski definition) is 7. The van der Waals surface area contributed by atoms with Gasteiger partial charge in [-0.2, -0.15) is 18.4 Å². The average molecular weight is 817 g/mol. The minimum absolute atomic E-state index is 0.118. The molecule has 10 nitrogen and oxygen atoms in total. The van der Waals surface area contributed by atoms with Gasteiger partial charge in [0.25, 0.3) is 0 Å². The molecule has 0 aliphatic heterocycles. The van der Waals surface area contributed by atoms with Gasteiger partial charge in [-0.3, -0.25) is 0 Å². The number of aromatic nitrogens is 8. The van der Waals surface area contributed by atoms with E-state index in [9.17, 15) is 5.26 Å². The van der Waals surface area contributed by atoms with Crippen molar-refractivity contribution in [2.45, 2.75) is 33.9 Å². The Morgan fingerprint density at radius 2 is 1.03 bits per heavy atom. The van der Waals surface area contributed by atoms with Crippen molar-refractivity contribution in [1.29, 1.82) is 5.26 Å². The molecule has 0 fully saturated rings. The SMILES string of the molecule is [C-]#[N+]c1cccc(C(F)(F)F)c1-c1cc(-n2c3ccccc3c3cc(-c4nc(C)nc(C)n4)ccc32)c(C#N)cc1-n1c2ccccc2c2cc(-c3nc(C)nc(C)n3)ccc21. The number of nitrogens with zero attached hydrogens (tertiary/aromatic N) is 10. The van der Waals surface area contributed by atoms with E-state index in [2.05, 4.69) is 40.8 Å². The third-order valence-corrected chi connectivity index (χ3v) is 11.0. The third-order valence-electron chi connectivity index (χ3n) is 11.0. The van der Waals surface area contributed by atoms with Crippen LogP contribution in [0.4, 0.5) is 18.9 Å². The number of rotatable bonds is 5. The fraction of sp³-hybridized carbons (Fsp3) is 0.102. The van der Waals surface area contributed by atoms with E-state index in [1.165, 1.54) is 12.1 Å². The number of benzene rings is 6. The zero-order valence-corrected chi connectivity index (χ0v) is 33.6. The molecule has 0 aliphatic rings. The Balaban J connectivity index is 1.31. The van der Waals surface area contributed by atoms with Crippen LogP contribution in [0.5, 0.6) is 0 Å². The normalized spacial score (nSPS) is 11.8. The second-order valence-electron chi connectivity index (χ2n) is 15.0. The Hall–Kier alpha value is -8.29. The molecule has 0 N–H and O–H groups in total. The van der Waals surface area contributed by atoms with Crippen LogP contribution in [-0.2, 0) is 6.18 Å². The lowest BCUT2D eigenvalue weighted by molar-refractivity contribution is -0.137. The highest BCUT2D eigenvalue weighted by Gasteiger charge is 2.36. The van der Waals surface area contributed by atoms with Crippen LogP contribution in [0.3, 0.4) is 0 Å². The molecule has 0 radical (unpaired) electrons. The first kappa shape index (κ1) is 37.9. The predicted molar refractivity (Wildman–Crippen MR) is 233 cm³/mol. The quantitative estimate of drug-likeness (QED) is 0.159. The number of halogens is 3. The van der Waals surface area contributed by atoms with E-state index in [4.69, 9.17) is 6.57 Å². The molecule has 0 saturated carbocycles. The summed E-state index contributed by atoms with van der Waals surface area (Å²) in [5.74, 6) is 3.29. The summed E-state index contributed by atoms with van der Waals surface area (Å²) in [5, 5.41) is 14.3. The first-order valence-corrected chi connectivity index (χ1v) is 19.5. The zero-order chi connectivity index (χ0) is 43.0. The largest absolute Gasteiger partial charge is 0.415 e. The van der Waals surface area contributed by atoms with Crippen LogP contribution in [0.25, 0.3) is 93.7 Å². The molecule has 0 unspecified atom stereocenters. The van der Waals surface area contributed by atoms with E-state index in [1.54, 1.807) is 39.8 Å². The highest BCUT2D eigenvalue weighted by molar-refractivity contribution is 6.12. The van der Waals surface area contributed by atoms with E-state index < -0.39 is 11.7 Å². The maximum absolute atomic E-state index is 15.3. The summed E-state index contributed by atoms with van der Waals surface area (Å²) in [5.41, 5.74) is 3.76. The van der Waals surface area contributed by atoms with Crippen molar-refractivity contribution in [3.05, 3.63) is 161 Å². The van der Waals surface area contributed by atoms with Crippen molar-refractivity contribution < 1.29 is 13.2 Å². The van der Waals surface area contributed by atoms with Gasteiger partial charge in [-0.15, -0.1) is 0 Å². The van der Waals surface area contributed by atoms with E-state index in [0.717, 1.165) is 44.3 Å². The molecule has 0 atom stereocenters. The second kappa shape index (κ2) is 14.2. The fourth-order valence-electron chi connectivity index (χ4n) is 8.62. The van der Waals surface area contributed by atoms with Gasteiger partial charge in [0.2, 0.25) is 0 Å². The highest BCUT2D eigenvalue weighted by Crippen LogP contribution is 2.48. The average Bonchev–Trinajstić information content (AvgIpc) is 3.76. The van der Waals surface area contributed by atoms with E-state index in [1.807, 2.05) is 94.1 Å². The number of aryl methyl sites for hydroxylation is 4. The van der Waals surface area contributed by atoms with Gasteiger partial charge in [0.15, 0.2) is 17.3 Å². The minimum Gasteiger partial charge on any atom is -0.309 e. The first-order valence-electron chi connectivity index (χ1n) is 19.5. The summed E-state index contributed by atoms with van der Waals surface area (Å²) in [6, 6.07) is 36.0. The molecule has 4 aromatic heterocycles. The maximum atomic E-state index is 15.3. The maximum Gasteiger partial charge on any atom is 0.415 e. The molecule has 10 rings (SSSR count). The molecule has 4 heterocycles. The van der Waals surface area contributed by atoms with Crippen LogP contribution < -0.4 is 0 Å². The summed E-state index contributed by atoms with van der Waals surface area (Å²) < 4.78 is 49.5. The van der Waals surface area contributed by atoms with Crippen LogP contribution in [0.2, 0.25) is 0 Å². The van der Waals surface area contributed by atoms with Crippen molar-refractivity contribution in [2.75, 3.05) is 0 Å². The number of hydrogen-bond donors (Lipinski definition) is 0. The van der Waals surface area contributed by atoms with Gasteiger partial charge in [0.05, 0.1) is 51.1 Å². The van der Waals surface area contributed by atoms with Crippen LogP contribution in [0.1, 0.15) is 34.4 Å². The standard InChI is InChI=1S/C49H31F3N10/c1-26-55-27(2)58-47(57-26)30-17-19-42-35(21-30)33-11-6-8-15-40(33)61(42)44-24-37(46-38(49(50,51)52)13-10-14-39(46)54-5)45(23-32(44)25-53)62-41-16-9-7-12-34(41)36-22-31(18-20-43(36)62)48-59-28(3)56-29(4)60-48/h6-24H,1-4H3. The highest BCUT2D eigenvalue weighted by atomic mass is 19.4. The van der Waals surface area contributed by atoms with Gasteiger partial charge in [-0.1, -0.05) is 54.6 Å². The lowest BCUT2D eigenvalue weighted by Crippen LogP contribution is -2.09. The Labute approximate surface area is 352 Å². The molecule has 13 heteroatoms. The summed E-state index contributed by atoms with van der Waals surface area (Å²) in [7, 11) is 0. The third kappa shape index (κ3) is 6.09. The monoisotopic (exact) mass is 816 g/mol. The van der Waals surface area contributed by atoms with Gasteiger partial charge in [0.1, 0.15) is 29.4 Å². The lowest BCUT2D eigenvalue weighted by atomic mass is 9.93. The topological polar surface area (TPSA) is 115 Å². The van der Waals surface area contributed by atoms with Crippen molar-refractivity contribution in [3.63, 3.8) is 0 Å². The summed E-state index contributed by atoms with van der Waals surface area (Å²) in [6.45, 7) is 15.4. The summed E-state index contributed by atoms with van der Waals surface area (Å²) in [6.07, 6.45) is -4.83. The van der Waals surface area contributed by atoms with Crippen molar-refractivity contribution in [3.8, 4) is 51.3 Å². The Morgan fingerprint density at radius 1 is 0.548 bits per heavy atom. The molecule has 0 saturated heterocycles. The molecular weight excluding hydrogens is 786 g/mol. The number of nitriles is 1. The van der Waals surface area contributed by atoms with Crippen molar-refractivity contribution in [2.24, 2.45) is 0 Å². The van der Waals surface area contributed by atoms with E-state index in [0.29, 0.717) is 62.9 Å². The zero-order valence-electron chi connectivity index (χ0n) is 33.6.